The molecular weight excluding hydrogens is 344 g/mol. The second kappa shape index (κ2) is 6.68. The van der Waals surface area contributed by atoms with Gasteiger partial charge in [0.05, 0.1) is 5.52 Å². The molecular formula is C20H18N4O3. The Kier molecular flexibility index (Phi) is 4.19. The lowest BCUT2D eigenvalue weighted by Gasteiger charge is -2.20. The zero-order chi connectivity index (χ0) is 19.0. The van der Waals surface area contributed by atoms with E-state index >= 15 is 0 Å². The molecule has 27 heavy (non-hydrogen) atoms. The van der Waals surface area contributed by atoms with Gasteiger partial charge in [-0.25, -0.2) is 4.79 Å². The number of fused-ring (bicyclic) bond motifs is 2. The molecule has 4 rings (SSSR count). The van der Waals surface area contributed by atoms with Crippen LogP contribution >= 0.6 is 0 Å². The van der Waals surface area contributed by atoms with E-state index < -0.39 is 11.5 Å². The summed E-state index contributed by atoms with van der Waals surface area (Å²) in [5.74, 6) is -0.563. The van der Waals surface area contributed by atoms with E-state index in [9.17, 15) is 9.59 Å². The standard InChI is InChI=1S/C20H18N4O3/c1-3-23(4-2)14-10-9-13-11-15(20(26)27-18(13)12-14)19(25)24-17-8-6-5-7-16(17)21-22-24/h5-12H,3-4H2,1-2H3. The monoisotopic (exact) mass is 362 g/mol. The van der Waals surface area contributed by atoms with E-state index in [2.05, 4.69) is 29.1 Å². The third-order valence-electron chi connectivity index (χ3n) is 4.62. The Labute approximate surface area is 154 Å². The maximum absolute atomic E-state index is 12.8. The highest BCUT2D eigenvalue weighted by Gasteiger charge is 2.19. The normalized spacial score (nSPS) is 11.2. The Balaban J connectivity index is 1.80. The smallest absolute Gasteiger partial charge is 0.349 e. The molecule has 0 bridgehead atoms. The topological polar surface area (TPSA) is 81.2 Å². The highest BCUT2D eigenvalue weighted by molar-refractivity contribution is 6.01. The molecule has 4 aromatic rings. The molecule has 2 heterocycles. The lowest BCUT2D eigenvalue weighted by Crippen LogP contribution is -2.22. The fourth-order valence-electron chi connectivity index (χ4n) is 3.17. The van der Waals surface area contributed by atoms with Crippen molar-refractivity contribution in [2.75, 3.05) is 18.0 Å². The summed E-state index contributed by atoms with van der Waals surface area (Å²) in [7, 11) is 0. The molecule has 2 aromatic heterocycles. The van der Waals surface area contributed by atoms with Gasteiger partial charge in [0.15, 0.2) is 0 Å². The number of carbonyl (C=O) groups excluding carboxylic acids is 1. The Bertz CT molecular complexity index is 1200. The van der Waals surface area contributed by atoms with E-state index in [-0.39, 0.29) is 5.56 Å². The number of nitrogens with zero attached hydrogens (tertiary/aromatic N) is 4. The van der Waals surface area contributed by atoms with Gasteiger partial charge >= 0.3 is 5.63 Å². The minimum atomic E-state index is -0.691. The average Bonchev–Trinajstić information content (AvgIpc) is 3.12. The number of hydrogen-bond donors (Lipinski definition) is 0. The van der Waals surface area contributed by atoms with Crippen LogP contribution in [0.1, 0.15) is 24.2 Å². The van der Waals surface area contributed by atoms with Crippen molar-refractivity contribution < 1.29 is 9.21 Å². The molecule has 0 radical (unpaired) electrons. The molecule has 0 atom stereocenters. The quantitative estimate of drug-likeness (QED) is 0.519. The summed E-state index contributed by atoms with van der Waals surface area (Å²) in [6, 6.07) is 14.2. The van der Waals surface area contributed by atoms with Gasteiger partial charge in [0.1, 0.15) is 16.7 Å². The number of carbonyl (C=O) groups is 1. The Morgan fingerprint density at radius 2 is 1.89 bits per heavy atom. The molecule has 0 aliphatic carbocycles. The zero-order valence-electron chi connectivity index (χ0n) is 15.0. The number of benzene rings is 2. The van der Waals surface area contributed by atoms with Crippen LogP contribution in [0, 0.1) is 0 Å². The highest BCUT2D eigenvalue weighted by Crippen LogP contribution is 2.22. The summed E-state index contributed by atoms with van der Waals surface area (Å²) >= 11 is 0. The van der Waals surface area contributed by atoms with Crippen LogP contribution in [0.25, 0.3) is 22.0 Å². The summed E-state index contributed by atoms with van der Waals surface area (Å²) in [5, 5.41) is 8.52. The van der Waals surface area contributed by atoms with Crippen LogP contribution in [0.15, 0.2) is 57.7 Å². The minimum absolute atomic E-state index is 0.0752. The Morgan fingerprint density at radius 3 is 2.67 bits per heavy atom. The molecule has 0 aliphatic rings. The van der Waals surface area contributed by atoms with Crippen molar-refractivity contribution >= 4 is 33.6 Å². The van der Waals surface area contributed by atoms with Crippen LogP contribution in [-0.4, -0.2) is 34.0 Å². The Hall–Kier alpha value is -3.48. The van der Waals surface area contributed by atoms with Crippen LogP contribution in [0.4, 0.5) is 5.69 Å². The zero-order valence-corrected chi connectivity index (χ0v) is 15.0. The van der Waals surface area contributed by atoms with Crippen LogP contribution in [-0.2, 0) is 0 Å². The fraction of sp³-hybridized carbons (Fsp3) is 0.200. The van der Waals surface area contributed by atoms with Gasteiger partial charge < -0.3 is 9.32 Å². The molecule has 0 spiro atoms. The van der Waals surface area contributed by atoms with Crippen LogP contribution in [0.3, 0.4) is 0 Å². The molecule has 0 aliphatic heterocycles. The average molecular weight is 362 g/mol. The van der Waals surface area contributed by atoms with E-state index in [1.54, 1.807) is 24.3 Å². The Morgan fingerprint density at radius 1 is 1.11 bits per heavy atom. The van der Waals surface area contributed by atoms with Gasteiger partial charge in [-0.1, -0.05) is 17.3 Å². The van der Waals surface area contributed by atoms with E-state index in [0.717, 1.165) is 23.5 Å². The highest BCUT2D eigenvalue weighted by atomic mass is 16.4. The summed E-state index contributed by atoms with van der Waals surface area (Å²) in [4.78, 5) is 27.5. The van der Waals surface area contributed by atoms with Crippen LogP contribution < -0.4 is 10.5 Å². The van der Waals surface area contributed by atoms with Gasteiger partial charge in [-0.05, 0) is 44.2 Å². The van der Waals surface area contributed by atoms with Gasteiger partial charge in [0.25, 0.3) is 5.91 Å². The third-order valence-corrected chi connectivity index (χ3v) is 4.62. The first-order chi connectivity index (χ1) is 13.1. The van der Waals surface area contributed by atoms with Gasteiger partial charge in [-0.2, -0.15) is 4.68 Å². The molecule has 0 unspecified atom stereocenters. The lowest BCUT2D eigenvalue weighted by atomic mass is 10.1. The van der Waals surface area contributed by atoms with Crippen molar-refractivity contribution in [1.82, 2.24) is 15.0 Å². The summed E-state index contributed by atoms with van der Waals surface area (Å²) in [6.45, 7) is 5.83. The van der Waals surface area contributed by atoms with Crippen LogP contribution in [0.5, 0.6) is 0 Å². The van der Waals surface area contributed by atoms with E-state index in [1.807, 2.05) is 24.3 Å². The van der Waals surface area contributed by atoms with Crippen LogP contribution in [0.2, 0.25) is 0 Å². The summed E-state index contributed by atoms with van der Waals surface area (Å²) in [6.07, 6.45) is 0. The van der Waals surface area contributed by atoms with Gasteiger partial charge in [-0.3, -0.25) is 4.79 Å². The van der Waals surface area contributed by atoms with E-state index in [1.165, 1.54) is 0 Å². The molecule has 0 saturated heterocycles. The molecule has 0 amide bonds. The SMILES string of the molecule is CCN(CC)c1ccc2cc(C(=O)n3nnc4ccccc43)c(=O)oc2c1. The molecule has 7 nitrogen and oxygen atoms in total. The first-order valence-electron chi connectivity index (χ1n) is 8.80. The molecule has 0 fully saturated rings. The molecule has 7 heteroatoms. The third kappa shape index (κ3) is 2.87. The maximum Gasteiger partial charge on any atom is 0.349 e. The van der Waals surface area contributed by atoms with E-state index in [4.69, 9.17) is 4.42 Å². The lowest BCUT2D eigenvalue weighted by molar-refractivity contribution is 0.0944. The van der Waals surface area contributed by atoms with Crippen molar-refractivity contribution in [3.63, 3.8) is 0 Å². The first-order valence-corrected chi connectivity index (χ1v) is 8.80. The summed E-state index contributed by atoms with van der Waals surface area (Å²) in [5.41, 5.74) is 1.78. The second-order valence-corrected chi connectivity index (χ2v) is 6.14. The number of para-hydroxylation sites is 1. The van der Waals surface area contributed by atoms with Gasteiger partial charge in [-0.15, -0.1) is 5.10 Å². The van der Waals surface area contributed by atoms with Crippen molar-refractivity contribution in [3.05, 3.63) is 64.5 Å². The van der Waals surface area contributed by atoms with Crippen molar-refractivity contribution in [1.29, 1.82) is 0 Å². The first kappa shape index (κ1) is 17.0. The predicted molar refractivity (Wildman–Crippen MR) is 103 cm³/mol. The molecule has 136 valence electrons. The van der Waals surface area contributed by atoms with Gasteiger partial charge in [0.2, 0.25) is 0 Å². The second-order valence-electron chi connectivity index (χ2n) is 6.14. The largest absolute Gasteiger partial charge is 0.422 e. The van der Waals surface area contributed by atoms with Crippen molar-refractivity contribution in [2.24, 2.45) is 0 Å². The molecule has 2 aromatic carbocycles. The summed E-state index contributed by atoms with van der Waals surface area (Å²) < 4.78 is 6.56. The minimum Gasteiger partial charge on any atom is -0.422 e. The molecule has 0 saturated carbocycles. The number of rotatable bonds is 4. The molecule has 0 N–H and O–H groups in total. The van der Waals surface area contributed by atoms with Crippen molar-refractivity contribution in [3.8, 4) is 0 Å². The maximum atomic E-state index is 12.8. The number of anilines is 1. The van der Waals surface area contributed by atoms with Crippen molar-refractivity contribution in [2.45, 2.75) is 13.8 Å². The van der Waals surface area contributed by atoms with E-state index in [0.29, 0.717) is 22.0 Å². The number of aromatic nitrogens is 3. The van der Waals surface area contributed by atoms with Gasteiger partial charge in [0, 0.05) is 30.2 Å². The number of hydrogen-bond acceptors (Lipinski definition) is 6. The fourth-order valence-corrected chi connectivity index (χ4v) is 3.17. The predicted octanol–water partition coefficient (Wildman–Crippen LogP) is 3.07.